The molecule has 132 valence electrons. The van der Waals surface area contributed by atoms with Gasteiger partial charge in [0, 0.05) is 39.2 Å². The zero-order chi connectivity index (χ0) is 17.4. The van der Waals surface area contributed by atoms with Crippen LogP contribution in [0.15, 0.2) is 29.2 Å². The van der Waals surface area contributed by atoms with Gasteiger partial charge < -0.3 is 9.84 Å². The van der Waals surface area contributed by atoms with Gasteiger partial charge in [-0.2, -0.15) is 4.31 Å². The average molecular weight is 358 g/mol. The maximum Gasteiger partial charge on any atom is 0.326 e. The fourth-order valence-electron chi connectivity index (χ4n) is 3.24. The van der Waals surface area contributed by atoms with E-state index in [0.717, 1.165) is 6.07 Å². The van der Waals surface area contributed by atoms with Crippen LogP contribution in [0.3, 0.4) is 0 Å². The Bertz CT molecular complexity index is 725. The van der Waals surface area contributed by atoms with Crippen molar-refractivity contribution in [3.8, 4) is 0 Å². The molecule has 1 unspecified atom stereocenters. The van der Waals surface area contributed by atoms with Gasteiger partial charge in [-0.3, -0.25) is 9.69 Å². The zero-order valence-corrected chi connectivity index (χ0v) is 13.8. The standard InChI is InChI=1S/C15H19FN2O5S/c16-12-2-1-3-13(10-12)24(21,22)18-7-5-17(6-8-18)15(14(19)20)4-9-23-11-15/h1-3,10H,4-9,11H2,(H,19,20). The molecule has 2 fully saturated rings. The number of carboxylic acids is 1. The molecule has 24 heavy (non-hydrogen) atoms. The number of nitrogens with zero attached hydrogens (tertiary/aromatic N) is 2. The summed E-state index contributed by atoms with van der Waals surface area (Å²) < 4.78 is 45.0. The topological polar surface area (TPSA) is 87.2 Å². The highest BCUT2D eigenvalue weighted by molar-refractivity contribution is 7.89. The van der Waals surface area contributed by atoms with Crippen molar-refractivity contribution in [2.75, 3.05) is 39.4 Å². The molecule has 2 saturated heterocycles. The zero-order valence-electron chi connectivity index (χ0n) is 13.0. The van der Waals surface area contributed by atoms with Crippen molar-refractivity contribution in [1.29, 1.82) is 0 Å². The smallest absolute Gasteiger partial charge is 0.326 e. The lowest BCUT2D eigenvalue weighted by atomic mass is 9.95. The molecule has 2 aliphatic heterocycles. The Morgan fingerprint density at radius 3 is 2.50 bits per heavy atom. The third-order valence-electron chi connectivity index (χ3n) is 4.68. The van der Waals surface area contributed by atoms with Crippen LogP contribution < -0.4 is 0 Å². The lowest BCUT2D eigenvalue weighted by molar-refractivity contribution is -0.152. The van der Waals surface area contributed by atoms with Crippen molar-refractivity contribution in [3.63, 3.8) is 0 Å². The molecule has 0 aromatic heterocycles. The van der Waals surface area contributed by atoms with E-state index >= 15 is 0 Å². The van der Waals surface area contributed by atoms with Crippen LogP contribution in [0.2, 0.25) is 0 Å². The summed E-state index contributed by atoms with van der Waals surface area (Å²) in [6, 6.07) is 4.89. The van der Waals surface area contributed by atoms with E-state index in [1.165, 1.54) is 22.5 Å². The number of hydrogen-bond donors (Lipinski definition) is 1. The van der Waals surface area contributed by atoms with Gasteiger partial charge in [0.05, 0.1) is 11.5 Å². The molecular weight excluding hydrogens is 339 g/mol. The van der Waals surface area contributed by atoms with Gasteiger partial charge in [-0.05, 0) is 18.2 Å². The second-order valence-corrected chi connectivity index (χ2v) is 7.93. The van der Waals surface area contributed by atoms with Crippen molar-refractivity contribution in [1.82, 2.24) is 9.21 Å². The Kier molecular flexibility index (Phi) is 4.60. The highest BCUT2D eigenvalue weighted by Gasteiger charge is 2.49. The summed E-state index contributed by atoms with van der Waals surface area (Å²) in [5.41, 5.74) is -1.07. The predicted octanol–water partition coefficient (Wildman–Crippen LogP) is 0.376. The lowest BCUT2D eigenvalue weighted by Crippen LogP contribution is -2.61. The van der Waals surface area contributed by atoms with Crippen LogP contribution in [0.1, 0.15) is 6.42 Å². The fourth-order valence-corrected chi connectivity index (χ4v) is 4.69. The van der Waals surface area contributed by atoms with Gasteiger partial charge in [-0.1, -0.05) is 6.07 Å². The summed E-state index contributed by atoms with van der Waals surface area (Å²) in [5.74, 6) is -1.55. The van der Waals surface area contributed by atoms with E-state index in [1.54, 1.807) is 4.90 Å². The minimum atomic E-state index is -3.78. The van der Waals surface area contributed by atoms with Crippen molar-refractivity contribution in [3.05, 3.63) is 30.1 Å². The van der Waals surface area contributed by atoms with Crippen molar-refractivity contribution < 1.29 is 27.4 Å². The van der Waals surface area contributed by atoms with Gasteiger partial charge >= 0.3 is 5.97 Å². The quantitative estimate of drug-likeness (QED) is 0.837. The minimum absolute atomic E-state index is 0.0897. The first-order valence-electron chi connectivity index (χ1n) is 7.68. The van der Waals surface area contributed by atoms with E-state index in [1.807, 2.05) is 0 Å². The van der Waals surface area contributed by atoms with Crippen LogP contribution in [-0.4, -0.2) is 73.6 Å². The van der Waals surface area contributed by atoms with Crippen LogP contribution in [0, 0.1) is 5.82 Å². The van der Waals surface area contributed by atoms with Crippen LogP contribution in [-0.2, 0) is 19.6 Å². The van der Waals surface area contributed by atoms with Crippen LogP contribution in [0.5, 0.6) is 0 Å². The molecule has 9 heteroatoms. The highest BCUT2D eigenvalue weighted by Crippen LogP contribution is 2.29. The summed E-state index contributed by atoms with van der Waals surface area (Å²) in [7, 11) is -3.78. The molecular formula is C15H19FN2O5S. The Morgan fingerprint density at radius 1 is 1.25 bits per heavy atom. The number of benzene rings is 1. The second-order valence-electron chi connectivity index (χ2n) is 5.99. The van der Waals surface area contributed by atoms with E-state index in [-0.39, 0.29) is 24.6 Å². The average Bonchev–Trinajstić information content (AvgIpc) is 3.06. The molecule has 1 atom stereocenters. The number of sulfonamides is 1. The third-order valence-corrected chi connectivity index (χ3v) is 6.57. The van der Waals surface area contributed by atoms with Gasteiger partial charge in [0.1, 0.15) is 11.4 Å². The van der Waals surface area contributed by atoms with Gasteiger partial charge in [0.2, 0.25) is 10.0 Å². The number of rotatable bonds is 4. The number of ether oxygens (including phenoxy) is 1. The molecule has 0 radical (unpaired) electrons. The molecule has 3 rings (SSSR count). The summed E-state index contributed by atoms with van der Waals surface area (Å²) in [6.45, 7) is 1.41. The summed E-state index contributed by atoms with van der Waals surface area (Å²) in [5, 5.41) is 9.56. The van der Waals surface area contributed by atoms with Gasteiger partial charge in [0.25, 0.3) is 0 Å². The van der Waals surface area contributed by atoms with Gasteiger partial charge in [0.15, 0.2) is 0 Å². The molecule has 0 saturated carbocycles. The lowest BCUT2D eigenvalue weighted by Gasteiger charge is -2.42. The number of carboxylic acid groups (broad SMARTS) is 1. The maximum absolute atomic E-state index is 13.3. The number of halogens is 1. The number of piperazine rings is 1. The van der Waals surface area contributed by atoms with E-state index in [0.29, 0.717) is 26.1 Å². The van der Waals surface area contributed by atoms with Crippen LogP contribution in [0.25, 0.3) is 0 Å². The first kappa shape index (κ1) is 17.3. The molecule has 2 aliphatic rings. The Labute approximate surface area is 139 Å². The molecule has 0 amide bonds. The summed E-state index contributed by atoms with van der Waals surface area (Å²) in [6.07, 6.45) is 0.388. The Hall–Kier alpha value is -1.55. The predicted molar refractivity (Wildman–Crippen MR) is 82.5 cm³/mol. The van der Waals surface area contributed by atoms with Crippen molar-refractivity contribution in [2.24, 2.45) is 0 Å². The highest BCUT2D eigenvalue weighted by atomic mass is 32.2. The minimum Gasteiger partial charge on any atom is -0.480 e. The molecule has 1 aromatic rings. The van der Waals surface area contributed by atoms with Crippen LogP contribution >= 0.6 is 0 Å². The van der Waals surface area contributed by atoms with E-state index < -0.39 is 27.3 Å². The fraction of sp³-hybridized carbons (Fsp3) is 0.533. The Balaban J connectivity index is 1.74. The maximum atomic E-state index is 13.3. The van der Waals surface area contributed by atoms with Gasteiger partial charge in [-0.15, -0.1) is 0 Å². The number of carbonyl (C=O) groups is 1. The van der Waals surface area contributed by atoms with E-state index in [4.69, 9.17) is 4.74 Å². The van der Waals surface area contributed by atoms with E-state index in [9.17, 15) is 22.7 Å². The van der Waals surface area contributed by atoms with E-state index in [2.05, 4.69) is 0 Å². The molecule has 7 nitrogen and oxygen atoms in total. The normalized spacial score (nSPS) is 26.5. The molecule has 0 bridgehead atoms. The van der Waals surface area contributed by atoms with Gasteiger partial charge in [-0.25, -0.2) is 12.8 Å². The van der Waals surface area contributed by atoms with Crippen molar-refractivity contribution >= 4 is 16.0 Å². The first-order valence-corrected chi connectivity index (χ1v) is 9.12. The monoisotopic (exact) mass is 358 g/mol. The molecule has 1 aromatic carbocycles. The summed E-state index contributed by atoms with van der Waals surface area (Å²) in [4.78, 5) is 13.4. The summed E-state index contributed by atoms with van der Waals surface area (Å²) >= 11 is 0. The number of aliphatic carboxylic acids is 1. The largest absolute Gasteiger partial charge is 0.480 e. The third kappa shape index (κ3) is 2.92. The molecule has 0 aliphatic carbocycles. The SMILES string of the molecule is O=C(O)C1(N2CCN(S(=O)(=O)c3cccc(F)c3)CC2)CCOC1. The first-order chi connectivity index (χ1) is 11.4. The Morgan fingerprint density at radius 2 is 1.96 bits per heavy atom. The molecule has 1 N–H and O–H groups in total. The second kappa shape index (κ2) is 6.40. The molecule has 0 spiro atoms. The molecule has 2 heterocycles. The van der Waals surface area contributed by atoms with Crippen molar-refractivity contribution in [2.45, 2.75) is 16.9 Å². The van der Waals surface area contributed by atoms with Crippen LogP contribution in [0.4, 0.5) is 4.39 Å². The number of hydrogen-bond acceptors (Lipinski definition) is 5.